The summed E-state index contributed by atoms with van der Waals surface area (Å²) in [5, 5.41) is 8.39. The fourth-order valence-corrected chi connectivity index (χ4v) is 8.21. The first kappa shape index (κ1) is 29.7. The second kappa shape index (κ2) is 11.8. The molecule has 248 valence electrons. The number of hydrogen-bond acceptors (Lipinski definition) is 4. The number of fused-ring (bicyclic) bond motifs is 7. The van der Waals surface area contributed by atoms with Crippen LogP contribution in [0.2, 0.25) is 0 Å². The number of amidine groups is 2. The Morgan fingerprint density at radius 1 is 0.377 bits per heavy atom. The number of rotatable bonds is 5. The second-order valence-corrected chi connectivity index (χ2v) is 13.7. The summed E-state index contributed by atoms with van der Waals surface area (Å²) in [5.74, 6) is 1.55. The maximum Gasteiger partial charge on any atom is 0.169 e. The minimum atomic E-state index is -0.485. The molecule has 0 fully saturated rings. The molecule has 1 unspecified atom stereocenters. The molecule has 0 saturated heterocycles. The number of aliphatic imine (C=N–C) groups is 2. The molecule has 2 heterocycles. The van der Waals surface area contributed by atoms with E-state index in [9.17, 15) is 0 Å². The first-order valence-corrected chi connectivity index (χ1v) is 18.0. The van der Waals surface area contributed by atoms with Gasteiger partial charge in [-0.2, -0.15) is 0 Å². The van der Waals surface area contributed by atoms with E-state index in [4.69, 9.17) is 14.4 Å². The lowest BCUT2D eigenvalue weighted by Crippen LogP contribution is -2.36. The SMILES string of the molecule is c1ccc(-c2ccc(C3=NC(c4ccc5c(c4)oc4cc6c7c(cccc7c45)-c4ccccc4-6)N=C(c4ccccc4-c4ccccc4)N3)cc2)cc1. The standard InChI is InChI=1S/C49H31N3O/c1-3-12-30(13-4-1)31-22-24-33(25-23-31)47-50-48(52-49(51-47)39-19-10-7-16-35(39)32-14-5-2-6-15-32)34-26-27-40-43(28-34)53-44-29-42-37-18-9-8-17-36(37)38-20-11-21-41(45(38)42)46(40)44/h1-29,48H,(H,50,51,52). The normalized spacial score (nSPS) is 14.6. The van der Waals surface area contributed by atoms with Crippen LogP contribution in [0.15, 0.2) is 190 Å². The van der Waals surface area contributed by atoms with Gasteiger partial charge in [0.05, 0.1) is 0 Å². The van der Waals surface area contributed by atoms with Crippen LogP contribution in [0.5, 0.6) is 0 Å². The van der Waals surface area contributed by atoms with Crippen LogP contribution in [0.3, 0.4) is 0 Å². The average molecular weight is 678 g/mol. The molecule has 0 spiro atoms. The molecule has 53 heavy (non-hydrogen) atoms. The molecule has 8 aromatic carbocycles. The van der Waals surface area contributed by atoms with E-state index >= 15 is 0 Å². The molecule has 0 bridgehead atoms. The lowest BCUT2D eigenvalue weighted by atomic mass is 9.97. The van der Waals surface area contributed by atoms with E-state index in [1.54, 1.807) is 0 Å². The fourth-order valence-electron chi connectivity index (χ4n) is 8.21. The number of nitrogens with zero attached hydrogens (tertiary/aromatic N) is 2. The van der Waals surface area contributed by atoms with Crippen LogP contribution in [0, 0.1) is 0 Å². The van der Waals surface area contributed by atoms with Gasteiger partial charge >= 0.3 is 0 Å². The Bertz CT molecular complexity index is 2960. The van der Waals surface area contributed by atoms with E-state index in [2.05, 4.69) is 169 Å². The molecule has 1 aliphatic carbocycles. The minimum Gasteiger partial charge on any atom is -0.456 e. The van der Waals surface area contributed by atoms with Crippen molar-refractivity contribution in [3.05, 3.63) is 193 Å². The van der Waals surface area contributed by atoms with Gasteiger partial charge in [0.2, 0.25) is 0 Å². The van der Waals surface area contributed by atoms with Crippen molar-refractivity contribution in [2.45, 2.75) is 6.17 Å². The van der Waals surface area contributed by atoms with Gasteiger partial charge in [-0.3, -0.25) is 0 Å². The van der Waals surface area contributed by atoms with Crippen LogP contribution >= 0.6 is 0 Å². The van der Waals surface area contributed by atoms with E-state index in [1.165, 1.54) is 38.6 Å². The molecule has 11 rings (SSSR count). The summed E-state index contributed by atoms with van der Waals surface area (Å²) in [7, 11) is 0. The van der Waals surface area contributed by atoms with Crippen molar-refractivity contribution >= 4 is 44.4 Å². The monoisotopic (exact) mass is 677 g/mol. The zero-order chi connectivity index (χ0) is 34.9. The van der Waals surface area contributed by atoms with Crippen molar-refractivity contribution in [1.82, 2.24) is 5.32 Å². The van der Waals surface area contributed by atoms with Crippen molar-refractivity contribution < 1.29 is 4.42 Å². The summed E-state index contributed by atoms with van der Waals surface area (Å²) in [6.07, 6.45) is -0.485. The molecule has 1 aromatic heterocycles. The van der Waals surface area contributed by atoms with Gasteiger partial charge in [0.15, 0.2) is 6.17 Å². The quantitative estimate of drug-likeness (QED) is 0.197. The third-order valence-corrected chi connectivity index (χ3v) is 10.7. The molecular formula is C49H31N3O. The first-order chi connectivity index (χ1) is 26.3. The van der Waals surface area contributed by atoms with Crippen LogP contribution in [-0.4, -0.2) is 11.7 Å². The molecule has 1 atom stereocenters. The molecule has 0 saturated carbocycles. The Morgan fingerprint density at radius 2 is 0.981 bits per heavy atom. The first-order valence-electron chi connectivity index (χ1n) is 18.0. The highest BCUT2D eigenvalue weighted by Crippen LogP contribution is 2.50. The third kappa shape index (κ3) is 4.77. The van der Waals surface area contributed by atoms with Crippen molar-refractivity contribution in [1.29, 1.82) is 0 Å². The summed E-state index contributed by atoms with van der Waals surface area (Å²) in [6.45, 7) is 0. The number of hydrogen-bond donors (Lipinski definition) is 1. The molecule has 2 aliphatic rings. The maximum absolute atomic E-state index is 6.72. The van der Waals surface area contributed by atoms with Crippen LogP contribution in [0.25, 0.3) is 77.2 Å². The van der Waals surface area contributed by atoms with Gasteiger partial charge in [-0.1, -0.05) is 164 Å². The molecule has 0 radical (unpaired) electrons. The van der Waals surface area contributed by atoms with Crippen molar-refractivity contribution in [2.24, 2.45) is 9.98 Å². The summed E-state index contributed by atoms with van der Waals surface area (Å²) in [5.41, 5.74) is 14.3. The van der Waals surface area contributed by atoms with Crippen LogP contribution < -0.4 is 5.32 Å². The van der Waals surface area contributed by atoms with Gasteiger partial charge in [0.25, 0.3) is 0 Å². The topological polar surface area (TPSA) is 49.9 Å². The number of benzene rings is 8. The lowest BCUT2D eigenvalue weighted by Gasteiger charge is -2.24. The Morgan fingerprint density at radius 3 is 1.75 bits per heavy atom. The zero-order valence-corrected chi connectivity index (χ0v) is 28.6. The van der Waals surface area contributed by atoms with Gasteiger partial charge in [-0.05, 0) is 67.4 Å². The number of nitrogens with one attached hydrogen (secondary N) is 1. The Labute approximate surface area is 306 Å². The van der Waals surface area contributed by atoms with E-state index in [0.717, 1.165) is 67.0 Å². The smallest absolute Gasteiger partial charge is 0.169 e. The zero-order valence-electron chi connectivity index (χ0n) is 28.6. The average Bonchev–Trinajstić information content (AvgIpc) is 3.77. The minimum absolute atomic E-state index is 0.485. The summed E-state index contributed by atoms with van der Waals surface area (Å²) < 4.78 is 6.72. The molecular weight excluding hydrogens is 647 g/mol. The highest BCUT2D eigenvalue weighted by Gasteiger charge is 2.26. The van der Waals surface area contributed by atoms with Gasteiger partial charge in [-0.15, -0.1) is 0 Å². The molecule has 9 aromatic rings. The third-order valence-electron chi connectivity index (χ3n) is 10.7. The Balaban J connectivity index is 1.06. The number of furan rings is 1. The summed E-state index contributed by atoms with van der Waals surface area (Å²) in [4.78, 5) is 10.5. The van der Waals surface area contributed by atoms with Crippen molar-refractivity contribution in [3.8, 4) is 44.5 Å². The van der Waals surface area contributed by atoms with Crippen LogP contribution in [-0.2, 0) is 0 Å². The Kier molecular flexibility index (Phi) is 6.58. The van der Waals surface area contributed by atoms with Crippen molar-refractivity contribution in [3.63, 3.8) is 0 Å². The van der Waals surface area contributed by atoms with Gasteiger partial charge < -0.3 is 9.73 Å². The molecule has 0 amide bonds. The largest absolute Gasteiger partial charge is 0.456 e. The predicted octanol–water partition coefficient (Wildman–Crippen LogP) is 12.2. The molecule has 1 aliphatic heterocycles. The summed E-state index contributed by atoms with van der Waals surface area (Å²) >= 11 is 0. The highest BCUT2D eigenvalue weighted by molar-refractivity contribution is 6.28. The van der Waals surface area contributed by atoms with Crippen LogP contribution in [0.4, 0.5) is 0 Å². The van der Waals surface area contributed by atoms with Crippen molar-refractivity contribution in [2.75, 3.05) is 0 Å². The van der Waals surface area contributed by atoms with Crippen LogP contribution in [0.1, 0.15) is 22.9 Å². The van der Waals surface area contributed by atoms with Gasteiger partial charge in [0.1, 0.15) is 22.8 Å². The van der Waals surface area contributed by atoms with Gasteiger partial charge in [-0.25, -0.2) is 9.98 Å². The lowest BCUT2D eigenvalue weighted by molar-refractivity contribution is 0.666. The fraction of sp³-hybridized carbons (Fsp3) is 0.0204. The van der Waals surface area contributed by atoms with E-state index < -0.39 is 6.17 Å². The van der Waals surface area contributed by atoms with E-state index in [0.29, 0.717) is 0 Å². The molecule has 1 N–H and O–H groups in total. The summed E-state index contributed by atoms with van der Waals surface area (Å²) in [6, 6.07) is 61.9. The van der Waals surface area contributed by atoms with Gasteiger partial charge in [0, 0.05) is 27.5 Å². The predicted molar refractivity (Wildman–Crippen MR) is 218 cm³/mol. The van der Waals surface area contributed by atoms with E-state index in [-0.39, 0.29) is 0 Å². The van der Waals surface area contributed by atoms with E-state index in [1.807, 2.05) is 12.1 Å². The Hall–Kier alpha value is -7.04. The second-order valence-electron chi connectivity index (χ2n) is 13.7. The maximum atomic E-state index is 6.72. The highest BCUT2D eigenvalue weighted by atomic mass is 16.3. The molecule has 4 heteroatoms. The molecule has 4 nitrogen and oxygen atoms in total.